The first kappa shape index (κ1) is 13.9. The molecule has 0 aliphatic carbocycles. The Bertz CT molecular complexity index is 730. The molecule has 0 aliphatic rings. The molecule has 0 saturated heterocycles. The van der Waals surface area contributed by atoms with E-state index in [0.717, 1.165) is 11.9 Å². The number of thiophene rings is 1. The lowest BCUT2D eigenvalue weighted by Crippen LogP contribution is -2.26. The fraction of sp³-hybridized carbons (Fsp3) is 0.235. The van der Waals surface area contributed by atoms with E-state index in [2.05, 4.69) is 28.5 Å². The molecule has 3 rings (SSSR count). The first-order valence-corrected chi connectivity index (χ1v) is 8.00. The van der Waals surface area contributed by atoms with Crippen molar-refractivity contribution in [1.82, 2.24) is 10.3 Å². The summed E-state index contributed by atoms with van der Waals surface area (Å²) < 4.78 is 0. The van der Waals surface area contributed by atoms with Crippen LogP contribution in [0.15, 0.2) is 48.0 Å². The molecule has 21 heavy (non-hydrogen) atoms. The number of aromatic nitrogens is 1. The lowest BCUT2D eigenvalue weighted by atomic mass is 10.1. The second kappa shape index (κ2) is 6.14. The molecule has 2 aromatic heterocycles. The fourth-order valence-electron chi connectivity index (χ4n) is 2.51. The number of benzene rings is 1. The van der Waals surface area contributed by atoms with Crippen molar-refractivity contribution in [2.45, 2.75) is 25.8 Å². The van der Waals surface area contributed by atoms with Crippen molar-refractivity contribution in [3.8, 4) is 0 Å². The van der Waals surface area contributed by atoms with E-state index in [1.807, 2.05) is 36.7 Å². The van der Waals surface area contributed by atoms with Crippen molar-refractivity contribution in [2.24, 2.45) is 0 Å². The van der Waals surface area contributed by atoms with Crippen LogP contribution in [0.1, 0.15) is 29.8 Å². The van der Waals surface area contributed by atoms with Gasteiger partial charge >= 0.3 is 0 Å². The second-order valence-electron chi connectivity index (χ2n) is 5.16. The number of hydrogen-bond acceptors (Lipinski definition) is 2. The number of aromatic amines is 1. The van der Waals surface area contributed by atoms with Crippen LogP contribution in [0.2, 0.25) is 0 Å². The summed E-state index contributed by atoms with van der Waals surface area (Å²) >= 11 is 1.67. The molecule has 1 aromatic carbocycles. The number of amides is 1. The lowest BCUT2D eigenvalue weighted by molar-refractivity contribution is -0.121. The van der Waals surface area contributed by atoms with Crippen molar-refractivity contribution in [2.75, 3.05) is 0 Å². The third-order valence-corrected chi connectivity index (χ3v) is 4.70. The minimum atomic E-state index is 0.0838. The maximum absolute atomic E-state index is 12.1. The predicted octanol–water partition coefficient (Wildman–Crippen LogP) is 4.04. The quantitative estimate of drug-likeness (QED) is 0.733. The molecule has 2 N–H and O–H groups in total. The van der Waals surface area contributed by atoms with E-state index in [4.69, 9.17) is 0 Å². The minimum absolute atomic E-state index is 0.0838. The zero-order chi connectivity index (χ0) is 14.7. The van der Waals surface area contributed by atoms with Crippen molar-refractivity contribution in [3.63, 3.8) is 0 Å². The zero-order valence-corrected chi connectivity index (χ0v) is 12.7. The Morgan fingerprint density at radius 3 is 2.95 bits per heavy atom. The minimum Gasteiger partial charge on any atom is -0.361 e. The summed E-state index contributed by atoms with van der Waals surface area (Å²) in [7, 11) is 0. The van der Waals surface area contributed by atoms with Gasteiger partial charge in [0.2, 0.25) is 5.91 Å². The number of aryl methyl sites for hydroxylation is 1. The molecule has 4 heteroatoms. The highest BCUT2D eigenvalue weighted by molar-refractivity contribution is 7.10. The van der Waals surface area contributed by atoms with E-state index < -0.39 is 0 Å². The summed E-state index contributed by atoms with van der Waals surface area (Å²) in [6.07, 6.45) is 3.27. The molecule has 0 spiro atoms. The fourth-order valence-corrected chi connectivity index (χ4v) is 3.24. The van der Waals surface area contributed by atoms with Gasteiger partial charge in [0.1, 0.15) is 0 Å². The molecule has 1 atom stereocenters. The normalized spacial score (nSPS) is 12.4. The van der Waals surface area contributed by atoms with Crippen LogP contribution < -0.4 is 5.32 Å². The van der Waals surface area contributed by atoms with E-state index in [1.54, 1.807) is 11.3 Å². The van der Waals surface area contributed by atoms with Gasteiger partial charge in [-0.2, -0.15) is 0 Å². The first-order chi connectivity index (χ1) is 10.2. The zero-order valence-electron chi connectivity index (χ0n) is 11.9. The molecule has 0 aliphatic heterocycles. The summed E-state index contributed by atoms with van der Waals surface area (Å²) in [5.74, 6) is 0.0983. The molecule has 2 heterocycles. The summed E-state index contributed by atoms with van der Waals surface area (Å²) in [5, 5.41) is 6.29. The number of H-pyrrole nitrogens is 1. The topological polar surface area (TPSA) is 44.9 Å². The Morgan fingerprint density at radius 1 is 1.29 bits per heavy atom. The maximum atomic E-state index is 12.1. The molecular weight excluding hydrogens is 280 g/mol. The number of fused-ring (bicyclic) bond motifs is 1. The summed E-state index contributed by atoms with van der Waals surface area (Å²) in [6.45, 7) is 2.02. The maximum Gasteiger partial charge on any atom is 0.220 e. The van der Waals surface area contributed by atoms with Crippen molar-refractivity contribution >= 4 is 28.1 Å². The highest BCUT2D eigenvalue weighted by atomic mass is 32.1. The molecule has 3 nitrogen and oxygen atoms in total. The number of rotatable bonds is 5. The van der Waals surface area contributed by atoms with Gasteiger partial charge in [-0.05, 0) is 36.4 Å². The summed E-state index contributed by atoms with van der Waals surface area (Å²) in [5.41, 5.74) is 2.32. The highest BCUT2D eigenvalue weighted by Crippen LogP contribution is 2.20. The van der Waals surface area contributed by atoms with Crippen LogP contribution in [-0.2, 0) is 11.2 Å². The Balaban J connectivity index is 1.58. The summed E-state index contributed by atoms with van der Waals surface area (Å²) in [6, 6.07) is 12.3. The van der Waals surface area contributed by atoms with Crippen LogP contribution in [0.3, 0.4) is 0 Å². The average molecular weight is 298 g/mol. The van der Waals surface area contributed by atoms with Crippen molar-refractivity contribution in [3.05, 3.63) is 58.4 Å². The van der Waals surface area contributed by atoms with Crippen LogP contribution >= 0.6 is 11.3 Å². The molecule has 1 amide bonds. The van der Waals surface area contributed by atoms with Gasteiger partial charge in [-0.1, -0.05) is 24.3 Å². The van der Waals surface area contributed by atoms with Gasteiger partial charge in [-0.3, -0.25) is 4.79 Å². The number of carbonyl (C=O) groups excluding carboxylic acids is 1. The highest BCUT2D eigenvalue weighted by Gasteiger charge is 2.11. The number of hydrogen-bond donors (Lipinski definition) is 2. The van der Waals surface area contributed by atoms with Gasteiger partial charge < -0.3 is 10.3 Å². The molecule has 108 valence electrons. The van der Waals surface area contributed by atoms with Gasteiger partial charge in [0, 0.05) is 28.4 Å². The molecular formula is C17H18N2OS. The van der Waals surface area contributed by atoms with E-state index in [9.17, 15) is 4.79 Å². The standard InChI is InChI=1S/C17H18N2OS/c1-12(16-7-4-10-21-16)19-17(20)9-8-13-11-18-15-6-3-2-5-14(13)15/h2-7,10-12,18H,8-9H2,1H3,(H,19,20)/t12-/m1/s1. The smallest absolute Gasteiger partial charge is 0.220 e. The van der Waals surface area contributed by atoms with Gasteiger partial charge in [0.15, 0.2) is 0 Å². The molecule has 0 fully saturated rings. The van der Waals surface area contributed by atoms with Crippen LogP contribution in [0, 0.1) is 0 Å². The van der Waals surface area contributed by atoms with Crippen molar-refractivity contribution in [1.29, 1.82) is 0 Å². The van der Waals surface area contributed by atoms with E-state index in [0.29, 0.717) is 6.42 Å². The van der Waals surface area contributed by atoms with Crippen molar-refractivity contribution < 1.29 is 4.79 Å². The Morgan fingerprint density at radius 2 is 2.14 bits per heavy atom. The van der Waals surface area contributed by atoms with E-state index in [1.165, 1.54) is 15.8 Å². The second-order valence-corrected chi connectivity index (χ2v) is 6.14. The average Bonchev–Trinajstić information content (AvgIpc) is 3.15. The molecule has 0 saturated carbocycles. The van der Waals surface area contributed by atoms with Gasteiger partial charge in [0.05, 0.1) is 6.04 Å². The Kier molecular flexibility index (Phi) is 4.06. The Labute approximate surface area is 128 Å². The van der Waals surface area contributed by atoms with Gasteiger partial charge in [-0.25, -0.2) is 0 Å². The number of para-hydroxylation sites is 1. The monoisotopic (exact) mass is 298 g/mol. The number of nitrogens with one attached hydrogen (secondary N) is 2. The summed E-state index contributed by atoms with van der Waals surface area (Å²) in [4.78, 5) is 16.5. The lowest BCUT2D eigenvalue weighted by Gasteiger charge is -2.11. The van der Waals surface area contributed by atoms with Crippen LogP contribution in [-0.4, -0.2) is 10.9 Å². The van der Waals surface area contributed by atoms with Gasteiger partial charge in [0.25, 0.3) is 0 Å². The van der Waals surface area contributed by atoms with Gasteiger partial charge in [-0.15, -0.1) is 11.3 Å². The van der Waals surface area contributed by atoms with Crippen LogP contribution in [0.4, 0.5) is 0 Å². The first-order valence-electron chi connectivity index (χ1n) is 7.12. The van der Waals surface area contributed by atoms with Crippen LogP contribution in [0.5, 0.6) is 0 Å². The third kappa shape index (κ3) is 3.16. The molecule has 0 unspecified atom stereocenters. The Hall–Kier alpha value is -2.07. The molecule has 3 aromatic rings. The largest absolute Gasteiger partial charge is 0.361 e. The van der Waals surface area contributed by atoms with E-state index >= 15 is 0 Å². The predicted molar refractivity (Wildman–Crippen MR) is 87.5 cm³/mol. The third-order valence-electron chi connectivity index (χ3n) is 3.64. The molecule has 0 bridgehead atoms. The number of carbonyl (C=O) groups is 1. The van der Waals surface area contributed by atoms with Crippen LogP contribution in [0.25, 0.3) is 10.9 Å². The van der Waals surface area contributed by atoms with E-state index in [-0.39, 0.29) is 11.9 Å². The molecule has 0 radical (unpaired) electrons. The SMILES string of the molecule is C[C@@H](NC(=O)CCc1c[nH]c2ccccc12)c1cccs1.